The third kappa shape index (κ3) is 3.56. The van der Waals surface area contributed by atoms with Crippen LogP contribution in [0.4, 0.5) is 5.88 Å². The summed E-state index contributed by atoms with van der Waals surface area (Å²) >= 11 is 0. The highest BCUT2D eigenvalue weighted by molar-refractivity contribution is 5.86. The predicted octanol–water partition coefficient (Wildman–Crippen LogP) is 2.15. The lowest BCUT2D eigenvalue weighted by molar-refractivity contribution is -0.402. The highest BCUT2D eigenvalue weighted by atomic mass is 16.6. The van der Waals surface area contributed by atoms with Crippen molar-refractivity contribution in [2.75, 3.05) is 6.61 Å². The molecule has 16 heavy (non-hydrogen) atoms. The van der Waals surface area contributed by atoms with Crippen molar-refractivity contribution >= 4 is 17.9 Å². The van der Waals surface area contributed by atoms with E-state index in [0.29, 0.717) is 6.61 Å². The smallest absolute Gasteiger partial charge is 0.433 e. The van der Waals surface area contributed by atoms with Crippen molar-refractivity contribution in [2.24, 2.45) is 0 Å². The Balaban J connectivity index is 2.55. The maximum atomic E-state index is 11.0. The quantitative estimate of drug-likeness (QED) is 0.332. The Kier molecular flexibility index (Phi) is 4.26. The number of furan rings is 1. The van der Waals surface area contributed by atoms with Crippen molar-refractivity contribution in [1.29, 1.82) is 0 Å². The molecule has 0 fully saturated rings. The second-order valence-corrected chi connectivity index (χ2v) is 2.93. The summed E-state index contributed by atoms with van der Waals surface area (Å²) in [5.41, 5.74) is 0. The van der Waals surface area contributed by atoms with E-state index < -0.39 is 10.9 Å². The summed E-state index contributed by atoms with van der Waals surface area (Å²) in [6.07, 6.45) is 3.23. The van der Waals surface area contributed by atoms with Crippen molar-refractivity contribution in [2.45, 2.75) is 13.3 Å². The predicted molar refractivity (Wildman–Crippen MR) is 55.6 cm³/mol. The number of nitro groups is 1. The summed E-state index contributed by atoms with van der Waals surface area (Å²) in [4.78, 5) is 20.7. The van der Waals surface area contributed by atoms with Gasteiger partial charge >= 0.3 is 11.9 Å². The van der Waals surface area contributed by atoms with Gasteiger partial charge in [-0.3, -0.25) is 10.1 Å². The molecule has 0 saturated heterocycles. The fourth-order valence-electron chi connectivity index (χ4n) is 0.931. The first-order valence-corrected chi connectivity index (χ1v) is 4.72. The van der Waals surface area contributed by atoms with E-state index in [9.17, 15) is 14.9 Å². The Labute approximate surface area is 91.7 Å². The van der Waals surface area contributed by atoms with Crippen molar-refractivity contribution in [3.8, 4) is 0 Å². The summed E-state index contributed by atoms with van der Waals surface area (Å²) < 4.78 is 9.57. The lowest BCUT2D eigenvalue weighted by Gasteiger charge is -1.96. The molecule has 0 aliphatic rings. The van der Waals surface area contributed by atoms with E-state index >= 15 is 0 Å². The molecule has 0 aromatic carbocycles. The Morgan fingerprint density at radius 1 is 1.62 bits per heavy atom. The number of rotatable bonds is 5. The van der Waals surface area contributed by atoms with Gasteiger partial charge in [-0.25, -0.2) is 4.79 Å². The van der Waals surface area contributed by atoms with Gasteiger partial charge < -0.3 is 9.15 Å². The van der Waals surface area contributed by atoms with Gasteiger partial charge in [0.25, 0.3) is 0 Å². The summed E-state index contributed by atoms with van der Waals surface area (Å²) in [6.45, 7) is 2.23. The fourth-order valence-corrected chi connectivity index (χ4v) is 0.931. The van der Waals surface area contributed by atoms with E-state index in [0.717, 1.165) is 12.5 Å². The van der Waals surface area contributed by atoms with Gasteiger partial charge in [0.1, 0.15) is 10.7 Å². The maximum absolute atomic E-state index is 11.0. The number of carbonyl (C=O) groups excluding carboxylic acids is 1. The molecule has 1 aromatic heterocycles. The van der Waals surface area contributed by atoms with Crippen LogP contribution in [0.5, 0.6) is 0 Å². The van der Waals surface area contributed by atoms with Crippen LogP contribution >= 0.6 is 0 Å². The normalized spacial score (nSPS) is 10.6. The molecule has 1 rings (SSSR count). The van der Waals surface area contributed by atoms with Crippen molar-refractivity contribution in [3.05, 3.63) is 34.1 Å². The van der Waals surface area contributed by atoms with Gasteiger partial charge in [0.15, 0.2) is 0 Å². The molecule has 1 heterocycles. The van der Waals surface area contributed by atoms with Crippen LogP contribution < -0.4 is 0 Å². The first-order valence-electron chi connectivity index (χ1n) is 4.72. The minimum Gasteiger partial charge on any atom is -0.463 e. The van der Waals surface area contributed by atoms with Gasteiger partial charge in [-0.2, -0.15) is 0 Å². The van der Waals surface area contributed by atoms with Gasteiger partial charge in [-0.05, 0) is 18.6 Å². The Hall–Kier alpha value is -2.11. The maximum Gasteiger partial charge on any atom is 0.433 e. The molecule has 0 radical (unpaired) electrons. The summed E-state index contributed by atoms with van der Waals surface area (Å²) in [6, 6.07) is 2.62. The second kappa shape index (κ2) is 5.69. The molecule has 0 unspecified atom stereocenters. The van der Waals surface area contributed by atoms with E-state index in [4.69, 9.17) is 9.15 Å². The van der Waals surface area contributed by atoms with Crippen LogP contribution in [0.1, 0.15) is 19.1 Å². The molecular formula is C10H11NO5. The number of hydrogen-bond acceptors (Lipinski definition) is 5. The van der Waals surface area contributed by atoms with Crippen LogP contribution in [0, 0.1) is 10.1 Å². The van der Waals surface area contributed by atoms with Gasteiger partial charge in [-0.1, -0.05) is 6.92 Å². The van der Waals surface area contributed by atoms with Gasteiger partial charge in [0.05, 0.1) is 12.7 Å². The van der Waals surface area contributed by atoms with Gasteiger partial charge in [-0.15, -0.1) is 0 Å². The van der Waals surface area contributed by atoms with Crippen molar-refractivity contribution < 1.29 is 18.9 Å². The minimum absolute atomic E-state index is 0.236. The molecule has 86 valence electrons. The van der Waals surface area contributed by atoms with E-state index in [2.05, 4.69) is 0 Å². The van der Waals surface area contributed by atoms with Crippen LogP contribution in [0.3, 0.4) is 0 Å². The zero-order valence-electron chi connectivity index (χ0n) is 8.71. The largest absolute Gasteiger partial charge is 0.463 e. The molecule has 0 N–H and O–H groups in total. The van der Waals surface area contributed by atoms with E-state index in [1.165, 1.54) is 18.2 Å². The first-order chi connectivity index (χ1) is 7.63. The van der Waals surface area contributed by atoms with Crippen LogP contribution in [0.15, 0.2) is 22.6 Å². The topological polar surface area (TPSA) is 82.6 Å². The average Bonchev–Trinajstić information content (AvgIpc) is 2.72. The summed E-state index contributed by atoms with van der Waals surface area (Å²) in [7, 11) is 0. The monoisotopic (exact) mass is 225 g/mol. The average molecular weight is 225 g/mol. The number of carbonyl (C=O) groups is 1. The Morgan fingerprint density at radius 2 is 2.38 bits per heavy atom. The zero-order chi connectivity index (χ0) is 12.0. The van der Waals surface area contributed by atoms with Crippen molar-refractivity contribution in [1.82, 2.24) is 0 Å². The van der Waals surface area contributed by atoms with Crippen LogP contribution in [-0.4, -0.2) is 17.5 Å². The molecule has 0 spiro atoms. The Morgan fingerprint density at radius 3 is 2.94 bits per heavy atom. The fraction of sp³-hybridized carbons (Fsp3) is 0.300. The molecule has 6 heteroatoms. The summed E-state index contributed by atoms with van der Waals surface area (Å²) in [5, 5.41) is 10.3. The third-order valence-electron chi connectivity index (χ3n) is 1.62. The Bertz CT molecular complexity index is 407. The SMILES string of the molecule is CCCOC(=O)/C=C\c1ccc([N+](=O)[O-])o1. The second-order valence-electron chi connectivity index (χ2n) is 2.93. The molecule has 6 nitrogen and oxygen atoms in total. The molecule has 0 bridgehead atoms. The lowest BCUT2D eigenvalue weighted by Crippen LogP contribution is -2.00. The minimum atomic E-state index is -0.646. The molecular weight excluding hydrogens is 214 g/mol. The number of ether oxygens (including phenoxy) is 1. The standard InChI is InChI=1S/C10H11NO5/c1-2-7-15-10(12)6-4-8-3-5-9(16-8)11(13)14/h3-6H,2,7H2,1H3/b6-4-. The molecule has 0 atom stereocenters. The summed E-state index contributed by atoms with van der Waals surface area (Å²) in [5.74, 6) is -0.623. The third-order valence-corrected chi connectivity index (χ3v) is 1.62. The molecule has 0 aliphatic heterocycles. The number of esters is 1. The van der Waals surface area contributed by atoms with E-state index in [1.807, 2.05) is 6.92 Å². The van der Waals surface area contributed by atoms with E-state index in [-0.39, 0.29) is 11.6 Å². The first kappa shape index (κ1) is 12.0. The molecule has 0 saturated carbocycles. The van der Waals surface area contributed by atoms with Gasteiger partial charge in [0.2, 0.25) is 0 Å². The number of hydrogen-bond donors (Lipinski definition) is 0. The van der Waals surface area contributed by atoms with Crippen molar-refractivity contribution in [3.63, 3.8) is 0 Å². The molecule has 0 amide bonds. The molecule has 1 aromatic rings. The zero-order valence-corrected chi connectivity index (χ0v) is 8.71. The van der Waals surface area contributed by atoms with Crippen LogP contribution in [0.25, 0.3) is 6.08 Å². The van der Waals surface area contributed by atoms with Crippen LogP contribution in [-0.2, 0) is 9.53 Å². The molecule has 0 aliphatic carbocycles. The van der Waals surface area contributed by atoms with E-state index in [1.54, 1.807) is 0 Å². The highest BCUT2D eigenvalue weighted by Crippen LogP contribution is 2.16. The lowest BCUT2D eigenvalue weighted by atomic mass is 10.4. The van der Waals surface area contributed by atoms with Gasteiger partial charge in [0, 0.05) is 6.08 Å². The highest BCUT2D eigenvalue weighted by Gasteiger charge is 2.10. The number of nitrogens with zero attached hydrogens (tertiary/aromatic N) is 1. The van der Waals surface area contributed by atoms with Crippen LogP contribution in [0.2, 0.25) is 0 Å².